The lowest BCUT2D eigenvalue weighted by Crippen LogP contribution is -2.07. The van der Waals surface area contributed by atoms with E-state index in [0.29, 0.717) is 84.6 Å². The van der Waals surface area contributed by atoms with Crippen LogP contribution in [-0.2, 0) is 6.18 Å². The molecule has 6 aromatic heterocycles. The summed E-state index contributed by atoms with van der Waals surface area (Å²) in [6.07, 6.45) is 8.37. The molecule has 70 heavy (non-hydrogen) atoms. The predicted molar refractivity (Wildman–Crippen MR) is 259 cm³/mol. The molecular formula is C55H29F3N12. The van der Waals surface area contributed by atoms with Crippen molar-refractivity contribution < 1.29 is 13.2 Å². The molecule has 6 heterocycles. The Hall–Kier alpha value is -9.99. The van der Waals surface area contributed by atoms with Crippen molar-refractivity contribution in [2.24, 2.45) is 0 Å². The highest BCUT2D eigenvalue weighted by Crippen LogP contribution is 2.44. The van der Waals surface area contributed by atoms with Crippen molar-refractivity contribution in [3.05, 3.63) is 194 Å². The molecule has 15 heteroatoms. The van der Waals surface area contributed by atoms with Crippen molar-refractivity contribution in [3.63, 3.8) is 0 Å². The summed E-state index contributed by atoms with van der Waals surface area (Å²) in [6, 6.07) is 41.3. The van der Waals surface area contributed by atoms with Crippen LogP contribution in [0, 0.1) is 22.7 Å². The highest BCUT2D eigenvalue weighted by molar-refractivity contribution is 6.13. The zero-order valence-corrected chi connectivity index (χ0v) is 36.2. The van der Waals surface area contributed by atoms with Gasteiger partial charge in [0.25, 0.3) is 0 Å². The van der Waals surface area contributed by atoms with Gasteiger partial charge in [0.05, 0.1) is 56.2 Å². The first-order chi connectivity index (χ1) is 34.2. The smallest absolute Gasteiger partial charge is 0.309 e. The molecule has 330 valence electrons. The van der Waals surface area contributed by atoms with E-state index in [4.69, 9.17) is 0 Å². The van der Waals surface area contributed by atoms with Crippen LogP contribution in [0.2, 0.25) is 0 Å². The first-order valence-corrected chi connectivity index (χ1v) is 21.7. The monoisotopic (exact) mass is 914 g/mol. The van der Waals surface area contributed by atoms with Gasteiger partial charge in [-0.25, -0.2) is 39.9 Å². The molecule has 0 fully saturated rings. The Morgan fingerprint density at radius 2 is 0.757 bits per heavy atom. The van der Waals surface area contributed by atoms with Gasteiger partial charge in [0.1, 0.15) is 6.07 Å². The molecule has 12 rings (SSSR count). The van der Waals surface area contributed by atoms with E-state index in [9.17, 15) is 23.7 Å². The van der Waals surface area contributed by atoms with Crippen molar-refractivity contribution in [1.29, 1.82) is 10.5 Å². The molecule has 0 amide bonds. The Kier molecular flexibility index (Phi) is 9.71. The van der Waals surface area contributed by atoms with Gasteiger partial charge in [-0.3, -0.25) is 0 Å². The van der Waals surface area contributed by atoms with Crippen LogP contribution in [0.3, 0.4) is 0 Å². The Morgan fingerprint density at radius 3 is 1.10 bits per heavy atom. The second kappa shape index (κ2) is 16.4. The average molecular weight is 915 g/mol. The number of halogens is 3. The summed E-state index contributed by atoms with van der Waals surface area (Å²) < 4.78 is 48.6. The van der Waals surface area contributed by atoms with Crippen molar-refractivity contribution in [2.75, 3.05) is 0 Å². The molecule has 12 aromatic rings. The second-order valence-corrected chi connectivity index (χ2v) is 16.3. The fourth-order valence-electron chi connectivity index (χ4n) is 9.18. The lowest BCUT2D eigenvalue weighted by atomic mass is 9.95. The van der Waals surface area contributed by atoms with E-state index >= 15 is 0 Å². The molecule has 0 saturated carbocycles. The third-order valence-electron chi connectivity index (χ3n) is 12.2. The van der Waals surface area contributed by atoms with E-state index in [0.717, 1.165) is 33.7 Å². The second-order valence-electron chi connectivity index (χ2n) is 16.3. The lowest BCUT2D eigenvalue weighted by Gasteiger charge is -2.20. The van der Waals surface area contributed by atoms with Crippen LogP contribution in [0.5, 0.6) is 0 Å². The zero-order chi connectivity index (χ0) is 47.5. The number of nitriles is 2. The molecule has 0 radical (unpaired) electrons. The SMILES string of the molecule is N#Cc1cc(-c2cc(-n3c4cc(-c5ncccn5)ccc4c4ccc(-c5ncccn5)cc43)c(C#N)cc2-n2c3cc(-c4ncccn4)ccc3c3ccc(-c4ncccn4)cc32)cc(C(F)(F)F)c1. The van der Waals surface area contributed by atoms with E-state index < -0.39 is 11.7 Å². The molecule has 0 aliphatic heterocycles. The molecule has 12 nitrogen and oxygen atoms in total. The predicted octanol–water partition coefficient (Wildman–Crippen LogP) is 12.1. The molecule has 0 unspecified atom stereocenters. The van der Waals surface area contributed by atoms with Gasteiger partial charge < -0.3 is 9.13 Å². The van der Waals surface area contributed by atoms with Gasteiger partial charge in [0.15, 0.2) is 23.3 Å². The fraction of sp³-hybridized carbons (Fsp3) is 0.0182. The van der Waals surface area contributed by atoms with Gasteiger partial charge in [-0.05, 0) is 84.4 Å². The van der Waals surface area contributed by atoms with Crippen LogP contribution in [0.15, 0.2) is 177 Å². The largest absolute Gasteiger partial charge is 0.416 e. The molecule has 0 aliphatic rings. The van der Waals surface area contributed by atoms with Gasteiger partial charge >= 0.3 is 6.18 Å². The summed E-state index contributed by atoms with van der Waals surface area (Å²) >= 11 is 0. The van der Waals surface area contributed by atoms with Crippen LogP contribution in [0.1, 0.15) is 16.7 Å². The molecule has 0 aliphatic carbocycles. The highest BCUT2D eigenvalue weighted by atomic mass is 19.4. The van der Waals surface area contributed by atoms with E-state index in [1.54, 1.807) is 86.0 Å². The van der Waals surface area contributed by atoms with E-state index in [1.807, 2.05) is 88.0 Å². The molecule has 0 atom stereocenters. The minimum Gasteiger partial charge on any atom is -0.309 e. The Balaban J connectivity index is 1.23. The quantitative estimate of drug-likeness (QED) is 0.150. The Morgan fingerprint density at radius 1 is 0.386 bits per heavy atom. The summed E-state index contributed by atoms with van der Waals surface area (Å²) in [7, 11) is 0. The van der Waals surface area contributed by atoms with Gasteiger partial charge in [-0.15, -0.1) is 0 Å². The number of benzene rings is 6. The molecule has 0 saturated heterocycles. The van der Waals surface area contributed by atoms with Crippen molar-refractivity contribution >= 4 is 43.6 Å². The number of nitrogens with zero attached hydrogens (tertiary/aromatic N) is 12. The summed E-state index contributed by atoms with van der Waals surface area (Å²) in [5.41, 5.74) is 5.43. The summed E-state index contributed by atoms with van der Waals surface area (Å²) in [6.45, 7) is 0. The molecule has 0 bridgehead atoms. The third-order valence-corrected chi connectivity index (χ3v) is 12.2. The van der Waals surface area contributed by atoms with Gasteiger partial charge in [-0.1, -0.05) is 48.5 Å². The van der Waals surface area contributed by atoms with Crippen LogP contribution in [-0.4, -0.2) is 49.0 Å². The van der Waals surface area contributed by atoms with Crippen LogP contribution < -0.4 is 0 Å². The number of hydrogen-bond acceptors (Lipinski definition) is 10. The maximum Gasteiger partial charge on any atom is 0.416 e. The molecule has 0 N–H and O–H groups in total. The van der Waals surface area contributed by atoms with Crippen molar-refractivity contribution in [3.8, 4) is 80.2 Å². The van der Waals surface area contributed by atoms with Gasteiger partial charge in [0.2, 0.25) is 0 Å². The van der Waals surface area contributed by atoms with Gasteiger partial charge in [0, 0.05) is 98.9 Å². The van der Waals surface area contributed by atoms with Crippen LogP contribution >= 0.6 is 0 Å². The van der Waals surface area contributed by atoms with Crippen molar-refractivity contribution in [1.82, 2.24) is 49.0 Å². The lowest BCUT2D eigenvalue weighted by molar-refractivity contribution is -0.137. The fourth-order valence-corrected chi connectivity index (χ4v) is 9.18. The number of aromatic nitrogens is 10. The molecular weight excluding hydrogens is 886 g/mol. The summed E-state index contributed by atoms with van der Waals surface area (Å²) in [5.74, 6) is 1.85. The normalized spacial score (nSPS) is 11.6. The number of rotatable bonds is 7. The molecule has 0 spiro atoms. The standard InChI is InChI=1S/C55H29F3N12/c56-55(57,58)39-22-32(30-59)21-37(23-39)44-29-45(69-46-24-33(51-61-13-1-14-62-51)5-9-40(46)41-10-6-34(25-47(41)69)52-63-15-2-16-64-52)38(31-60)28-50(44)70-48-26-35(53-65-17-3-18-66-53)7-11-42(48)43-12-8-36(27-49(43)70)54-67-19-4-20-68-54/h1-29H. The highest BCUT2D eigenvalue weighted by Gasteiger charge is 2.32. The maximum atomic E-state index is 14.9. The van der Waals surface area contributed by atoms with E-state index in [1.165, 1.54) is 6.07 Å². The topological polar surface area (TPSA) is 161 Å². The first kappa shape index (κ1) is 41.4. The summed E-state index contributed by atoms with van der Waals surface area (Å²) in [4.78, 5) is 36.1. The maximum absolute atomic E-state index is 14.9. The number of fused-ring (bicyclic) bond motifs is 6. The average Bonchev–Trinajstić information content (AvgIpc) is 3.92. The zero-order valence-electron chi connectivity index (χ0n) is 36.2. The Labute approximate surface area is 395 Å². The number of alkyl halides is 3. The van der Waals surface area contributed by atoms with Crippen LogP contribution in [0.25, 0.3) is 112 Å². The third kappa shape index (κ3) is 7.01. The molecule has 6 aromatic carbocycles. The Bertz CT molecular complexity index is 3930. The van der Waals surface area contributed by atoms with Crippen molar-refractivity contribution in [2.45, 2.75) is 6.18 Å². The minimum absolute atomic E-state index is 0.0877. The first-order valence-electron chi connectivity index (χ1n) is 21.7. The van der Waals surface area contributed by atoms with Crippen LogP contribution in [0.4, 0.5) is 13.2 Å². The minimum atomic E-state index is -4.81. The van der Waals surface area contributed by atoms with E-state index in [2.05, 4.69) is 45.9 Å². The van der Waals surface area contributed by atoms with Gasteiger partial charge in [-0.2, -0.15) is 23.7 Å². The number of hydrogen-bond donors (Lipinski definition) is 0. The summed E-state index contributed by atoms with van der Waals surface area (Å²) in [5, 5.41) is 24.9. The van der Waals surface area contributed by atoms with E-state index in [-0.39, 0.29) is 16.7 Å².